The van der Waals surface area contributed by atoms with Crippen molar-refractivity contribution in [2.45, 2.75) is 23.7 Å². The summed E-state index contributed by atoms with van der Waals surface area (Å²) in [5.41, 5.74) is 1.33. The molecule has 96 valence electrons. The summed E-state index contributed by atoms with van der Waals surface area (Å²) in [5.74, 6) is -0.377. The second-order valence-corrected chi connectivity index (χ2v) is 5.67. The van der Waals surface area contributed by atoms with Crippen LogP contribution < -0.4 is 0 Å². The predicted octanol–water partition coefficient (Wildman–Crippen LogP) is 3.26. The fourth-order valence-electron chi connectivity index (χ4n) is 2.26. The van der Waals surface area contributed by atoms with E-state index in [-0.39, 0.29) is 0 Å². The van der Waals surface area contributed by atoms with E-state index in [1.165, 1.54) is 4.91 Å². The number of benzene rings is 1. The molecule has 1 aromatic rings. The van der Waals surface area contributed by atoms with Crippen molar-refractivity contribution in [3.8, 4) is 0 Å². The van der Waals surface area contributed by atoms with Crippen LogP contribution in [0.4, 0.5) is 0 Å². The van der Waals surface area contributed by atoms with Gasteiger partial charge in [0, 0.05) is 15.4 Å². The lowest BCUT2D eigenvalue weighted by molar-refractivity contribution is -0.00910. The molecule has 0 N–H and O–H groups in total. The van der Waals surface area contributed by atoms with E-state index in [0.29, 0.717) is 5.56 Å². The van der Waals surface area contributed by atoms with Crippen molar-refractivity contribution < 1.29 is 19.3 Å². The highest BCUT2D eigenvalue weighted by molar-refractivity contribution is 8.03. The molecule has 0 unspecified atom stereocenters. The largest absolute Gasteiger partial charge is 0.431 e. The maximum atomic E-state index is 10.9. The van der Waals surface area contributed by atoms with Crippen LogP contribution in [0.2, 0.25) is 0 Å². The molecule has 0 radical (unpaired) electrons. The molecule has 3 aliphatic rings. The van der Waals surface area contributed by atoms with Crippen LogP contribution in [0.15, 0.2) is 45.9 Å². The van der Waals surface area contributed by atoms with Gasteiger partial charge in [0.15, 0.2) is 0 Å². The molecule has 2 aliphatic heterocycles. The number of carbonyl (C=O) groups is 1. The molecule has 0 atom stereocenters. The van der Waals surface area contributed by atoms with Gasteiger partial charge in [0.05, 0.1) is 5.56 Å². The number of carbonyl (C=O) groups excluding carboxylic acids is 1. The lowest BCUT2D eigenvalue weighted by atomic mass is 10.1. The number of hydrogen-bond acceptors (Lipinski definition) is 5. The van der Waals surface area contributed by atoms with Gasteiger partial charge in [0.2, 0.25) is 0 Å². The number of rotatable bonds is 1. The molecule has 0 amide bonds. The first-order chi connectivity index (χ1) is 9.31. The molecule has 4 rings (SSSR count). The molecule has 5 heteroatoms. The maximum Gasteiger partial charge on any atom is 0.411 e. The van der Waals surface area contributed by atoms with Gasteiger partial charge in [-0.3, -0.25) is 4.79 Å². The number of thioether (sulfide) groups is 1. The SMILES string of the molecule is O=Cc1ccc2c(c1)C1(OO1)OC1=C(CCC=C1)S2. The zero-order valence-corrected chi connectivity index (χ0v) is 10.7. The van der Waals surface area contributed by atoms with Crippen molar-refractivity contribution in [3.63, 3.8) is 0 Å². The van der Waals surface area contributed by atoms with E-state index >= 15 is 0 Å². The number of hydrogen-bond donors (Lipinski definition) is 0. The Morgan fingerprint density at radius 3 is 3.00 bits per heavy atom. The molecule has 0 saturated carbocycles. The zero-order valence-electron chi connectivity index (χ0n) is 9.92. The first-order valence-corrected chi connectivity index (χ1v) is 6.85. The van der Waals surface area contributed by atoms with E-state index in [1.807, 2.05) is 12.1 Å². The Morgan fingerprint density at radius 1 is 1.32 bits per heavy atom. The van der Waals surface area contributed by atoms with Gasteiger partial charge in [-0.25, -0.2) is 0 Å². The average Bonchev–Trinajstić information content (AvgIpc) is 3.23. The van der Waals surface area contributed by atoms with E-state index in [1.54, 1.807) is 23.9 Å². The summed E-state index contributed by atoms with van der Waals surface area (Å²) in [6.07, 6.45) is 6.78. The molecule has 1 fully saturated rings. The summed E-state index contributed by atoms with van der Waals surface area (Å²) >= 11 is 1.65. The van der Waals surface area contributed by atoms with Crippen LogP contribution in [0.1, 0.15) is 28.8 Å². The second kappa shape index (κ2) is 3.96. The van der Waals surface area contributed by atoms with E-state index in [9.17, 15) is 4.79 Å². The number of ether oxygens (including phenoxy) is 1. The molecule has 1 aliphatic carbocycles. The van der Waals surface area contributed by atoms with E-state index in [2.05, 4.69) is 6.08 Å². The Kier molecular flexibility index (Phi) is 2.35. The predicted molar refractivity (Wildman–Crippen MR) is 68.0 cm³/mol. The monoisotopic (exact) mass is 274 g/mol. The van der Waals surface area contributed by atoms with Crippen LogP contribution in [-0.2, 0) is 20.5 Å². The average molecular weight is 274 g/mol. The highest BCUT2D eigenvalue weighted by Crippen LogP contribution is 2.53. The lowest BCUT2D eigenvalue weighted by Gasteiger charge is -2.13. The quantitative estimate of drug-likeness (QED) is 0.447. The summed E-state index contributed by atoms with van der Waals surface area (Å²) in [6.45, 7) is 0. The van der Waals surface area contributed by atoms with Crippen LogP contribution in [0.5, 0.6) is 0 Å². The minimum absolute atomic E-state index is 0.580. The standard InChI is InChI=1S/C14H10O4S/c15-8-9-5-6-12-10(7-9)14(17-18-14)16-11-3-1-2-4-13(11)19-12/h1,3,5-8H,2,4H2. The molecular weight excluding hydrogens is 264 g/mol. The van der Waals surface area contributed by atoms with E-state index in [0.717, 1.165) is 35.3 Å². The summed E-state index contributed by atoms with van der Waals surface area (Å²) in [6, 6.07) is 5.46. The fraction of sp³-hybridized carbons (Fsp3) is 0.214. The molecule has 1 saturated heterocycles. The molecule has 4 nitrogen and oxygen atoms in total. The van der Waals surface area contributed by atoms with Crippen molar-refractivity contribution in [1.82, 2.24) is 0 Å². The van der Waals surface area contributed by atoms with Gasteiger partial charge >= 0.3 is 5.97 Å². The summed E-state index contributed by atoms with van der Waals surface area (Å²) < 4.78 is 5.85. The van der Waals surface area contributed by atoms with Gasteiger partial charge in [0.25, 0.3) is 0 Å². The van der Waals surface area contributed by atoms with Crippen molar-refractivity contribution in [3.05, 3.63) is 52.1 Å². The third kappa shape index (κ3) is 1.74. The van der Waals surface area contributed by atoms with Crippen molar-refractivity contribution in [2.24, 2.45) is 0 Å². The van der Waals surface area contributed by atoms with E-state index in [4.69, 9.17) is 14.5 Å². The topological polar surface area (TPSA) is 51.4 Å². The van der Waals surface area contributed by atoms with Gasteiger partial charge in [-0.05, 0) is 31.1 Å². The Balaban J connectivity index is 1.86. The minimum Gasteiger partial charge on any atom is -0.431 e. The van der Waals surface area contributed by atoms with Crippen molar-refractivity contribution in [1.29, 1.82) is 0 Å². The van der Waals surface area contributed by atoms with Gasteiger partial charge in [-0.15, -0.1) is 9.78 Å². The summed E-state index contributed by atoms with van der Waals surface area (Å²) in [4.78, 5) is 23.2. The Labute approximate surface area is 114 Å². The Bertz CT molecular complexity index is 628. The summed E-state index contributed by atoms with van der Waals surface area (Å²) in [7, 11) is 0. The zero-order chi connectivity index (χ0) is 12.9. The molecule has 2 heterocycles. The van der Waals surface area contributed by atoms with Gasteiger partial charge in [-0.2, -0.15) is 0 Å². The Hall–Kier alpha value is -1.56. The molecule has 1 spiro atoms. The first-order valence-electron chi connectivity index (χ1n) is 6.04. The van der Waals surface area contributed by atoms with Crippen molar-refractivity contribution in [2.75, 3.05) is 0 Å². The van der Waals surface area contributed by atoms with Gasteiger partial charge in [-0.1, -0.05) is 23.9 Å². The number of fused-ring (bicyclic) bond motifs is 2. The van der Waals surface area contributed by atoms with Crippen LogP contribution in [0.25, 0.3) is 0 Å². The van der Waals surface area contributed by atoms with Crippen molar-refractivity contribution >= 4 is 18.0 Å². The molecule has 1 aromatic carbocycles. The van der Waals surface area contributed by atoms with Crippen LogP contribution in [0, 0.1) is 0 Å². The van der Waals surface area contributed by atoms with Crippen LogP contribution >= 0.6 is 11.8 Å². The Morgan fingerprint density at radius 2 is 2.21 bits per heavy atom. The van der Waals surface area contributed by atoms with Gasteiger partial charge < -0.3 is 4.74 Å². The smallest absolute Gasteiger partial charge is 0.411 e. The third-order valence-electron chi connectivity index (χ3n) is 3.26. The molecular formula is C14H10O4S. The molecule has 19 heavy (non-hydrogen) atoms. The number of aldehydes is 1. The molecule has 0 aromatic heterocycles. The van der Waals surface area contributed by atoms with E-state index < -0.39 is 5.97 Å². The third-order valence-corrected chi connectivity index (χ3v) is 4.49. The maximum absolute atomic E-state index is 10.9. The normalized spacial score (nSPS) is 22.3. The highest BCUT2D eigenvalue weighted by Gasteiger charge is 2.57. The lowest BCUT2D eigenvalue weighted by Crippen LogP contribution is -2.13. The highest BCUT2D eigenvalue weighted by atomic mass is 32.2. The van der Waals surface area contributed by atoms with Crippen LogP contribution in [0.3, 0.4) is 0 Å². The first kappa shape index (κ1) is 11.3. The number of allylic oxidation sites excluding steroid dienone is 3. The minimum atomic E-state index is -1.17. The van der Waals surface area contributed by atoms with Crippen LogP contribution in [-0.4, -0.2) is 6.29 Å². The summed E-state index contributed by atoms with van der Waals surface area (Å²) in [5, 5.41) is 0. The second-order valence-electron chi connectivity index (χ2n) is 4.53. The fourth-order valence-corrected chi connectivity index (χ4v) is 3.38. The molecule has 0 bridgehead atoms. The van der Waals surface area contributed by atoms with Gasteiger partial charge in [0.1, 0.15) is 12.0 Å².